The number of rotatable bonds is 7. The van der Waals surface area contributed by atoms with Gasteiger partial charge in [0, 0.05) is 24.4 Å². The van der Waals surface area contributed by atoms with Crippen LogP contribution >= 0.6 is 0 Å². The molecule has 2 heterocycles. The number of nitrogens with zero attached hydrogens (tertiary/aromatic N) is 3. The molecule has 0 spiro atoms. The lowest BCUT2D eigenvalue weighted by Gasteiger charge is -2.25. The molecule has 2 rings (SSSR count). The normalized spacial score (nSPS) is 11.4. The number of pyridine rings is 1. The molecule has 0 bridgehead atoms. The minimum absolute atomic E-state index is 0.0278. The molecular weight excluding hydrogens is 342 g/mol. The van der Waals surface area contributed by atoms with E-state index in [4.69, 9.17) is 10.5 Å². The molecular formula is C20H25N5O2. The Morgan fingerprint density at radius 3 is 2.59 bits per heavy atom. The summed E-state index contributed by atoms with van der Waals surface area (Å²) in [7, 11) is 0. The van der Waals surface area contributed by atoms with Crippen LogP contribution in [0.2, 0.25) is 0 Å². The maximum absolute atomic E-state index is 12.6. The maximum Gasteiger partial charge on any atom is 0.273 e. The van der Waals surface area contributed by atoms with Crippen LogP contribution in [0.25, 0.3) is 5.76 Å². The second-order valence-corrected chi connectivity index (χ2v) is 6.70. The van der Waals surface area contributed by atoms with E-state index < -0.39 is 0 Å². The summed E-state index contributed by atoms with van der Waals surface area (Å²) < 4.78 is 5.32. The molecule has 7 heteroatoms. The van der Waals surface area contributed by atoms with E-state index in [0.29, 0.717) is 23.7 Å². The first kappa shape index (κ1) is 20.1. The molecule has 27 heavy (non-hydrogen) atoms. The van der Waals surface area contributed by atoms with Crippen LogP contribution in [-0.4, -0.2) is 27.4 Å². The van der Waals surface area contributed by atoms with Crippen LogP contribution in [0, 0.1) is 6.92 Å². The Labute approximate surface area is 159 Å². The third kappa shape index (κ3) is 4.91. The van der Waals surface area contributed by atoms with Crippen LogP contribution in [0.4, 0.5) is 5.82 Å². The van der Waals surface area contributed by atoms with Gasteiger partial charge in [0.25, 0.3) is 5.91 Å². The van der Waals surface area contributed by atoms with Gasteiger partial charge in [0.2, 0.25) is 0 Å². The number of nitrogens with two attached hydrogens (primary N) is 1. The van der Waals surface area contributed by atoms with Crippen molar-refractivity contribution >= 4 is 17.5 Å². The van der Waals surface area contributed by atoms with Gasteiger partial charge in [0.05, 0.1) is 12.0 Å². The van der Waals surface area contributed by atoms with Crippen molar-refractivity contribution in [1.82, 2.24) is 20.3 Å². The first-order valence-corrected chi connectivity index (χ1v) is 8.56. The topological polar surface area (TPSA) is 103 Å². The van der Waals surface area contributed by atoms with Crippen molar-refractivity contribution in [3.63, 3.8) is 0 Å². The maximum atomic E-state index is 12.6. The fourth-order valence-corrected chi connectivity index (χ4v) is 2.46. The molecule has 0 aromatic carbocycles. The average molecular weight is 367 g/mol. The summed E-state index contributed by atoms with van der Waals surface area (Å²) in [5.74, 6) is -0.0348. The summed E-state index contributed by atoms with van der Waals surface area (Å²) in [6.07, 6.45) is 6.67. The number of aromatic nitrogens is 3. The van der Waals surface area contributed by atoms with Crippen LogP contribution in [0.5, 0.6) is 0 Å². The van der Waals surface area contributed by atoms with E-state index in [9.17, 15) is 4.79 Å². The molecule has 7 nitrogen and oxygen atoms in total. The van der Waals surface area contributed by atoms with Gasteiger partial charge in [-0.15, -0.1) is 0 Å². The third-order valence-electron chi connectivity index (χ3n) is 4.08. The van der Waals surface area contributed by atoms with E-state index in [1.807, 2.05) is 32.9 Å². The van der Waals surface area contributed by atoms with Gasteiger partial charge in [-0.2, -0.15) is 0 Å². The number of nitrogens with one attached hydrogen (secondary N) is 1. The number of amides is 1. The van der Waals surface area contributed by atoms with Crippen LogP contribution in [0.1, 0.15) is 48.2 Å². The minimum Gasteiger partial charge on any atom is -0.464 e. The molecule has 0 saturated heterocycles. The molecule has 0 unspecified atom stereocenters. The van der Waals surface area contributed by atoms with Crippen molar-refractivity contribution < 1.29 is 9.53 Å². The lowest BCUT2D eigenvalue weighted by molar-refractivity contribution is 0.0941. The molecule has 2 aromatic rings. The third-order valence-corrected chi connectivity index (χ3v) is 4.08. The van der Waals surface area contributed by atoms with E-state index in [-0.39, 0.29) is 22.8 Å². The first-order chi connectivity index (χ1) is 12.8. The van der Waals surface area contributed by atoms with Gasteiger partial charge >= 0.3 is 0 Å². The number of ether oxygens (including phenoxy) is 1. The van der Waals surface area contributed by atoms with Crippen LogP contribution in [-0.2, 0) is 10.2 Å². The Bertz CT molecular complexity index is 860. The van der Waals surface area contributed by atoms with Crippen molar-refractivity contribution in [2.75, 3.05) is 12.3 Å². The van der Waals surface area contributed by atoms with Crippen molar-refractivity contribution in [2.24, 2.45) is 0 Å². The number of anilines is 1. The molecule has 0 fully saturated rings. The lowest BCUT2D eigenvalue weighted by atomic mass is 9.85. The minimum atomic E-state index is -0.378. The van der Waals surface area contributed by atoms with Gasteiger partial charge in [-0.3, -0.25) is 9.78 Å². The molecule has 0 radical (unpaired) electrons. The quantitative estimate of drug-likeness (QED) is 0.729. The Morgan fingerprint density at radius 1 is 1.30 bits per heavy atom. The summed E-state index contributed by atoms with van der Waals surface area (Å²) in [5, 5.41) is 2.88. The molecule has 0 saturated carbocycles. The predicted molar refractivity (Wildman–Crippen MR) is 106 cm³/mol. The number of aryl methyl sites for hydroxylation is 1. The number of hydrogen-bond donors (Lipinski definition) is 2. The number of carbonyl (C=O) groups excluding carboxylic acids is 1. The highest BCUT2D eigenvalue weighted by Gasteiger charge is 2.23. The van der Waals surface area contributed by atoms with Crippen molar-refractivity contribution in [3.05, 3.63) is 66.1 Å². The number of carbonyl (C=O) groups is 1. The molecule has 0 aliphatic carbocycles. The summed E-state index contributed by atoms with van der Waals surface area (Å²) in [5.41, 5.74) is 7.76. The van der Waals surface area contributed by atoms with E-state index >= 15 is 0 Å². The van der Waals surface area contributed by atoms with E-state index in [1.54, 1.807) is 25.4 Å². The Hall–Kier alpha value is -3.22. The second kappa shape index (κ2) is 8.44. The standard InChI is InChI=1S/C20H25N5O2/c1-6-11-27-14(3)16-13(2)24-17(18(21)25-16)19(26)23-12-20(4,5)15-7-9-22-10-8-15/h6-11H,3,12H2,1-2,4-5H3,(H2,21,25)(H,23,26)/b11-6-. The monoisotopic (exact) mass is 367 g/mol. The van der Waals surface area contributed by atoms with E-state index in [1.165, 1.54) is 6.26 Å². The number of hydrogen-bond acceptors (Lipinski definition) is 6. The highest BCUT2D eigenvalue weighted by molar-refractivity contribution is 5.96. The van der Waals surface area contributed by atoms with Gasteiger partial charge in [-0.25, -0.2) is 9.97 Å². The Kier molecular flexibility index (Phi) is 6.28. The largest absolute Gasteiger partial charge is 0.464 e. The van der Waals surface area contributed by atoms with Crippen LogP contribution < -0.4 is 11.1 Å². The van der Waals surface area contributed by atoms with E-state index in [0.717, 1.165) is 5.56 Å². The van der Waals surface area contributed by atoms with Crippen molar-refractivity contribution in [3.8, 4) is 0 Å². The highest BCUT2D eigenvalue weighted by atomic mass is 16.5. The van der Waals surface area contributed by atoms with Crippen LogP contribution in [0.15, 0.2) is 43.4 Å². The number of nitrogen functional groups attached to an aromatic ring is 1. The SMILES string of the molecule is C=C(O/C=C\C)c1nc(N)c(C(=O)NCC(C)(C)c2ccncc2)nc1C. The van der Waals surface area contributed by atoms with Crippen molar-refractivity contribution in [2.45, 2.75) is 33.1 Å². The zero-order chi connectivity index (χ0) is 20.0. The second-order valence-electron chi connectivity index (χ2n) is 6.70. The van der Waals surface area contributed by atoms with Gasteiger partial charge < -0.3 is 15.8 Å². The summed E-state index contributed by atoms with van der Waals surface area (Å²) in [6.45, 7) is 11.8. The summed E-state index contributed by atoms with van der Waals surface area (Å²) >= 11 is 0. The smallest absolute Gasteiger partial charge is 0.273 e. The predicted octanol–water partition coefficient (Wildman–Crippen LogP) is 2.99. The van der Waals surface area contributed by atoms with Gasteiger partial charge in [0.15, 0.2) is 11.5 Å². The number of allylic oxidation sites excluding steroid dienone is 1. The molecule has 0 aliphatic heterocycles. The van der Waals surface area contributed by atoms with Gasteiger partial charge in [0.1, 0.15) is 11.5 Å². The molecule has 2 aromatic heterocycles. The molecule has 0 aliphatic rings. The molecule has 3 N–H and O–H groups in total. The summed E-state index contributed by atoms with van der Waals surface area (Å²) in [6, 6.07) is 3.85. The zero-order valence-electron chi connectivity index (χ0n) is 16.1. The highest BCUT2D eigenvalue weighted by Crippen LogP contribution is 2.22. The molecule has 0 atom stereocenters. The fourth-order valence-electron chi connectivity index (χ4n) is 2.46. The lowest BCUT2D eigenvalue weighted by Crippen LogP contribution is -2.37. The Morgan fingerprint density at radius 2 is 1.96 bits per heavy atom. The van der Waals surface area contributed by atoms with E-state index in [2.05, 4.69) is 26.8 Å². The van der Waals surface area contributed by atoms with Crippen LogP contribution in [0.3, 0.4) is 0 Å². The first-order valence-electron chi connectivity index (χ1n) is 8.56. The summed E-state index contributed by atoms with van der Waals surface area (Å²) in [4.78, 5) is 25.1. The molecule has 1 amide bonds. The van der Waals surface area contributed by atoms with Gasteiger partial charge in [-0.1, -0.05) is 26.5 Å². The Balaban J connectivity index is 2.15. The fraction of sp³-hybridized carbons (Fsp3) is 0.300. The van der Waals surface area contributed by atoms with Crippen molar-refractivity contribution in [1.29, 1.82) is 0 Å². The molecule has 142 valence electrons. The van der Waals surface area contributed by atoms with Gasteiger partial charge in [-0.05, 0) is 31.5 Å². The average Bonchev–Trinajstić information content (AvgIpc) is 2.66. The zero-order valence-corrected chi connectivity index (χ0v) is 16.1.